The Hall–Kier alpha value is -0.550. The lowest BCUT2D eigenvalue weighted by Crippen LogP contribution is -2.50. The fourth-order valence-corrected chi connectivity index (χ4v) is 5.72. The number of aliphatic hydroxyl groups is 1. The molecule has 2 aliphatic rings. The molecule has 1 aromatic heterocycles. The van der Waals surface area contributed by atoms with Crippen LogP contribution in [-0.4, -0.2) is 87.5 Å². The summed E-state index contributed by atoms with van der Waals surface area (Å²) in [5, 5.41) is 11.9. The lowest BCUT2D eigenvalue weighted by molar-refractivity contribution is -0.0270. The first-order valence-corrected chi connectivity index (χ1v) is 11.0. The van der Waals surface area contributed by atoms with Crippen LogP contribution in [0.3, 0.4) is 0 Å². The number of sulfonamides is 1. The van der Waals surface area contributed by atoms with E-state index < -0.39 is 16.1 Å². The predicted molar refractivity (Wildman–Crippen MR) is 95.3 cm³/mol. The summed E-state index contributed by atoms with van der Waals surface area (Å²) in [6, 6.07) is 3.39. The molecule has 0 spiro atoms. The van der Waals surface area contributed by atoms with Crippen LogP contribution in [0.25, 0.3) is 0 Å². The first kappa shape index (κ1) is 19.2. The number of aliphatic hydroxyl groups excluding tert-OH is 1. The molecule has 2 saturated heterocycles. The van der Waals surface area contributed by atoms with E-state index in [4.69, 9.17) is 9.47 Å². The molecular weight excluding hydrogens is 364 g/mol. The number of piperazine rings is 1. The standard InChI is InChI=1S/C16H26N2O5S2/c19-14(12-22-13-15-3-1-9-23-15)11-17-5-7-18(8-6-17)25(20,21)16-4-2-10-24-16/h2,4,10,14-15,19H,1,3,5-9,11-13H2/t14-,15-/m0/s1. The highest BCUT2D eigenvalue weighted by Crippen LogP contribution is 2.22. The van der Waals surface area contributed by atoms with Crippen LogP contribution in [0.5, 0.6) is 0 Å². The molecule has 2 atom stereocenters. The smallest absolute Gasteiger partial charge is 0.252 e. The zero-order chi connectivity index (χ0) is 17.7. The van der Waals surface area contributed by atoms with Crippen molar-refractivity contribution in [3.8, 4) is 0 Å². The van der Waals surface area contributed by atoms with Gasteiger partial charge in [-0.15, -0.1) is 11.3 Å². The molecule has 2 fully saturated rings. The van der Waals surface area contributed by atoms with E-state index in [0.29, 0.717) is 43.5 Å². The van der Waals surface area contributed by atoms with Crippen molar-refractivity contribution in [2.75, 3.05) is 52.5 Å². The van der Waals surface area contributed by atoms with Gasteiger partial charge in [-0.05, 0) is 24.3 Å². The molecule has 142 valence electrons. The van der Waals surface area contributed by atoms with E-state index in [-0.39, 0.29) is 12.7 Å². The van der Waals surface area contributed by atoms with E-state index in [9.17, 15) is 13.5 Å². The van der Waals surface area contributed by atoms with Crippen LogP contribution in [0.2, 0.25) is 0 Å². The quantitative estimate of drug-likeness (QED) is 0.701. The van der Waals surface area contributed by atoms with Gasteiger partial charge in [0.1, 0.15) is 4.21 Å². The second-order valence-electron chi connectivity index (χ2n) is 6.46. The Morgan fingerprint density at radius 2 is 2.16 bits per heavy atom. The molecule has 9 heteroatoms. The molecule has 1 aromatic rings. The van der Waals surface area contributed by atoms with Gasteiger partial charge in [-0.3, -0.25) is 4.90 Å². The van der Waals surface area contributed by atoms with Crippen molar-refractivity contribution in [1.29, 1.82) is 0 Å². The molecule has 2 aliphatic heterocycles. The minimum Gasteiger partial charge on any atom is -0.389 e. The molecule has 0 bridgehead atoms. The third-order valence-corrected chi connectivity index (χ3v) is 7.80. The number of thiophene rings is 1. The summed E-state index contributed by atoms with van der Waals surface area (Å²) in [5.41, 5.74) is 0. The van der Waals surface area contributed by atoms with Gasteiger partial charge >= 0.3 is 0 Å². The maximum Gasteiger partial charge on any atom is 0.252 e. The van der Waals surface area contributed by atoms with Crippen LogP contribution in [0.15, 0.2) is 21.7 Å². The molecule has 25 heavy (non-hydrogen) atoms. The fraction of sp³-hybridized carbons (Fsp3) is 0.750. The van der Waals surface area contributed by atoms with E-state index in [1.165, 1.54) is 15.6 Å². The number of hydrogen-bond acceptors (Lipinski definition) is 7. The molecular formula is C16H26N2O5S2. The normalized spacial score (nSPS) is 24.6. The zero-order valence-electron chi connectivity index (χ0n) is 14.2. The molecule has 7 nitrogen and oxygen atoms in total. The van der Waals surface area contributed by atoms with E-state index in [1.54, 1.807) is 17.5 Å². The maximum absolute atomic E-state index is 12.5. The fourth-order valence-electron chi connectivity index (χ4n) is 3.15. The molecule has 0 aliphatic carbocycles. The summed E-state index contributed by atoms with van der Waals surface area (Å²) < 4.78 is 37.9. The average Bonchev–Trinajstić information content (AvgIpc) is 3.29. The molecule has 0 aromatic carbocycles. The lowest BCUT2D eigenvalue weighted by atomic mass is 10.2. The Labute approximate surface area is 153 Å². The largest absolute Gasteiger partial charge is 0.389 e. The van der Waals surface area contributed by atoms with E-state index in [1.807, 2.05) is 0 Å². The molecule has 0 saturated carbocycles. The molecule has 1 N–H and O–H groups in total. The summed E-state index contributed by atoms with van der Waals surface area (Å²) in [4.78, 5) is 2.08. The zero-order valence-corrected chi connectivity index (χ0v) is 15.9. The molecule has 3 heterocycles. The van der Waals surface area contributed by atoms with Crippen molar-refractivity contribution >= 4 is 21.4 Å². The number of hydrogen-bond donors (Lipinski definition) is 1. The van der Waals surface area contributed by atoms with Crippen molar-refractivity contribution in [2.45, 2.75) is 29.3 Å². The summed E-state index contributed by atoms with van der Waals surface area (Å²) in [6.07, 6.45) is 1.70. The van der Waals surface area contributed by atoms with Gasteiger partial charge in [0.15, 0.2) is 0 Å². The topological polar surface area (TPSA) is 79.3 Å². The summed E-state index contributed by atoms with van der Waals surface area (Å²) in [6.45, 7) is 4.25. The second kappa shape index (κ2) is 8.90. The Morgan fingerprint density at radius 3 is 2.80 bits per heavy atom. The van der Waals surface area contributed by atoms with Crippen molar-refractivity contribution in [3.05, 3.63) is 17.5 Å². The highest BCUT2D eigenvalue weighted by molar-refractivity contribution is 7.91. The number of nitrogens with zero attached hydrogens (tertiary/aromatic N) is 2. The van der Waals surface area contributed by atoms with Crippen molar-refractivity contribution < 1.29 is 23.0 Å². The van der Waals surface area contributed by atoms with Crippen molar-refractivity contribution in [1.82, 2.24) is 9.21 Å². The van der Waals surface area contributed by atoms with Gasteiger partial charge in [0.05, 0.1) is 25.4 Å². The first-order chi connectivity index (χ1) is 12.1. The molecule has 0 amide bonds. The highest BCUT2D eigenvalue weighted by Gasteiger charge is 2.29. The van der Waals surface area contributed by atoms with Gasteiger partial charge in [-0.25, -0.2) is 8.42 Å². The van der Waals surface area contributed by atoms with Crippen molar-refractivity contribution in [3.63, 3.8) is 0 Å². The molecule has 0 radical (unpaired) electrons. The third kappa shape index (κ3) is 5.22. The van der Waals surface area contributed by atoms with Gasteiger partial charge in [0, 0.05) is 39.3 Å². The van der Waals surface area contributed by atoms with Crippen molar-refractivity contribution in [2.24, 2.45) is 0 Å². The second-order valence-corrected chi connectivity index (χ2v) is 9.58. The van der Waals surface area contributed by atoms with Gasteiger partial charge in [0.25, 0.3) is 10.0 Å². The first-order valence-electron chi connectivity index (χ1n) is 8.69. The number of β-amino-alcohol motifs (C(OH)–C–C–N with tert-alkyl or cyclic N) is 1. The minimum absolute atomic E-state index is 0.165. The minimum atomic E-state index is -3.37. The Kier molecular flexibility index (Phi) is 6.84. The van der Waals surface area contributed by atoms with Crippen LogP contribution in [0, 0.1) is 0 Å². The Morgan fingerprint density at radius 1 is 1.36 bits per heavy atom. The summed E-state index contributed by atoms with van der Waals surface area (Å²) in [7, 11) is -3.37. The van der Waals surface area contributed by atoms with Crippen LogP contribution >= 0.6 is 11.3 Å². The van der Waals surface area contributed by atoms with E-state index in [0.717, 1.165) is 19.4 Å². The van der Waals surface area contributed by atoms with Gasteiger partial charge in [-0.1, -0.05) is 6.07 Å². The predicted octanol–water partition coefficient (Wildman–Crippen LogP) is 0.611. The maximum atomic E-state index is 12.5. The highest BCUT2D eigenvalue weighted by atomic mass is 32.2. The monoisotopic (exact) mass is 390 g/mol. The van der Waals surface area contributed by atoms with Gasteiger partial charge < -0.3 is 14.6 Å². The lowest BCUT2D eigenvalue weighted by Gasteiger charge is -2.34. The van der Waals surface area contributed by atoms with E-state index in [2.05, 4.69) is 4.90 Å². The van der Waals surface area contributed by atoms with Crippen LogP contribution in [-0.2, 0) is 19.5 Å². The summed E-state index contributed by atoms with van der Waals surface area (Å²) >= 11 is 1.24. The Bertz CT molecular complexity index is 608. The molecule has 3 rings (SSSR count). The SMILES string of the molecule is O=S(=O)(c1cccs1)N1CCN(C[C@H](O)COC[C@@H]2CCCO2)CC1. The van der Waals surface area contributed by atoms with Crippen LogP contribution < -0.4 is 0 Å². The van der Waals surface area contributed by atoms with E-state index >= 15 is 0 Å². The average molecular weight is 391 g/mol. The van der Waals surface area contributed by atoms with Crippen LogP contribution in [0.1, 0.15) is 12.8 Å². The third-order valence-electron chi connectivity index (χ3n) is 4.53. The van der Waals surface area contributed by atoms with Gasteiger partial charge in [0.2, 0.25) is 0 Å². The number of rotatable bonds is 8. The van der Waals surface area contributed by atoms with Crippen LogP contribution in [0.4, 0.5) is 0 Å². The molecule has 0 unspecified atom stereocenters. The Balaban J connectivity index is 1.37. The summed E-state index contributed by atoms with van der Waals surface area (Å²) in [5.74, 6) is 0. The van der Waals surface area contributed by atoms with Gasteiger partial charge in [-0.2, -0.15) is 4.31 Å². The number of ether oxygens (including phenoxy) is 2.